The third-order valence-electron chi connectivity index (χ3n) is 8.48. The summed E-state index contributed by atoms with van der Waals surface area (Å²) in [5.74, 6) is -1.88. The van der Waals surface area contributed by atoms with Gasteiger partial charge in [-0.25, -0.2) is 0 Å². The molecule has 2 unspecified atom stereocenters. The number of carbonyl (C=O) groups is 3. The summed E-state index contributed by atoms with van der Waals surface area (Å²) in [6.07, 6.45) is 6.47. The zero-order valence-electron chi connectivity index (χ0n) is 26.5. The average Bonchev–Trinajstić information content (AvgIpc) is 3.54. The number of ether oxygens (including phenoxy) is 1. The van der Waals surface area contributed by atoms with Crippen LogP contribution < -0.4 is 11.1 Å². The van der Waals surface area contributed by atoms with Crippen LogP contribution in [-0.4, -0.2) is 60.4 Å². The molecule has 1 aliphatic rings. The summed E-state index contributed by atoms with van der Waals surface area (Å²) in [7, 11) is 1.68. The summed E-state index contributed by atoms with van der Waals surface area (Å²) in [4.78, 5) is 43.1. The van der Waals surface area contributed by atoms with E-state index in [0.29, 0.717) is 32.4 Å². The second-order valence-electron chi connectivity index (χ2n) is 12.8. The van der Waals surface area contributed by atoms with E-state index in [1.165, 1.54) is 0 Å². The van der Waals surface area contributed by atoms with Crippen LogP contribution in [0.4, 0.5) is 0 Å². The number of ketones is 1. The molecule has 3 aromatic carbocycles. The summed E-state index contributed by atoms with van der Waals surface area (Å²) in [5.41, 5.74) is 7.58. The van der Waals surface area contributed by atoms with E-state index in [-0.39, 0.29) is 23.7 Å². The van der Waals surface area contributed by atoms with Crippen molar-refractivity contribution in [1.29, 1.82) is 0 Å². The van der Waals surface area contributed by atoms with Crippen LogP contribution in [0.25, 0.3) is 10.8 Å². The molecule has 1 saturated heterocycles. The number of carbonyl (C=O) groups excluding carboxylic acids is 3. The summed E-state index contributed by atoms with van der Waals surface area (Å²) < 4.78 is 5.71. The fourth-order valence-electron chi connectivity index (χ4n) is 5.72. The average molecular weight is 598 g/mol. The highest BCUT2D eigenvalue weighted by molar-refractivity contribution is 5.96. The zero-order chi connectivity index (χ0) is 31.7. The molecule has 1 aliphatic heterocycles. The predicted molar refractivity (Wildman–Crippen MR) is 176 cm³/mol. The van der Waals surface area contributed by atoms with E-state index < -0.39 is 23.4 Å². The minimum atomic E-state index is -0.749. The molecule has 234 valence electrons. The smallest absolute Gasteiger partial charge is 0.243 e. The second kappa shape index (κ2) is 15.3. The van der Waals surface area contributed by atoms with Gasteiger partial charge in [-0.05, 0) is 67.5 Å². The monoisotopic (exact) mass is 597 g/mol. The normalized spacial score (nSPS) is 17.3. The van der Waals surface area contributed by atoms with Crippen molar-refractivity contribution < 1.29 is 19.1 Å². The van der Waals surface area contributed by atoms with Crippen molar-refractivity contribution in [2.24, 2.45) is 17.6 Å². The van der Waals surface area contributed by atoms with Gasteiger partial charge in [0.05, 0.1) is 12.0 Å². The summed E-state index contributed by atoms with van der Waals surface area (Å²) in [6, 6.07) is 23.2. The van der Waals surface area contributed by atoms with Crippen LogP contribution >= 0.6 is 0 Å². The molecule has 0 spiro atoms. The highest BCUT2D eigenvalue weighted by atomic mass is 16.5. The number of allylic oxidation sites excluding steroid dienone is 1. The van der Waals surface area contributed by atoms with Crippen LogP contribution in [0.3, 0.4) is 0 Å². The first-order chi connectivity index (χ1) is 21.0. The van der Waals surface area contributed by atoms with E-state index in [1.54, 1.807) is 31.0 Å². The Labute approximate surface area is 261 Å². The Balaban J connectivity index is 1.61. The van der Waals surface area contributed by atoms with Crippen molar-refractivity contribution in [1.82, 2.24) is 10.2 Å². The van der Waals surface area contributed by atoms with Gasteiger partial charge in [-0.15, -0.1) is 0 Å². The first-order valence-corrected chi connectivity index (χ1v) is 15.7. The number of hydrogen-bond acceptors (Lipinski definition) is 5. The maximum Gasteiger partial charge on any atom is 0.243 e. The highest BCUT2D eigenvalue weighted by Gasteiger charge is 2.36. The third kappa shape index (κ3) is 9.34. The highest BCUT2D eigenvalue weighted by Crippen LogP contribution is 2.26. The van der Waals surface area contributed by atoms with Crippen molar-refractivity contribution in [3.8, 4) is 0 Å². The van der Waals surface area contributed by atoms with Gasteiger partial charge in [0.2, 0.25) is 11.8 Å². The van der Waals surface area contributed by atoms with Gasteiger partial charge in [0.15, 0.2) is 5.78 Å². The van der Waals surface area contributed by atoms with Gasteiger partial charge in [-0.1, -0.05) is 85.8 Å². The largest absolute Gasteiger partial charge is 0.376 e. The molecular formula is C37H47N3O4. The number of likely N-dealkylation sites (N-methyl/N-ethyl adjacent to an activating group) is 1. The second-order valence-corrected chi connectivity index (χ2v) is 12.8. The van der Waals surface area contributed by atoms with E-state index in [4.69, 9.17) is 10.5 Å². The van der Waals surface area contributed by atoms with E-state index in [0.717, 1.165) is 34.7 Å². The van der Waals surface area contributed by atoms with Crippen molar-refractivity contribution in [3.05, 3.63) is 96.1 Å². The van der Waals surface area contributed by atoms with Crippen molar-refractivity contribution in [2.75, 3.05) is 20.2 Å². The van der Waals surface area contributed by atoms with Crippen LogP contribution in [0.1, 0.15) is 51.2 Å². The van der Waals surface area contributed by atoms with Gasteiger partial charge in [-0.3, -0.25) is 14.4 Å². The van der Waals surface area contributed by atoms with Gasteiger partial charge in [-0.2, -0.15) is 0 Å². The molecule has 0 radical (unpaired) electrons. The molecule has 0 aliphatic carbocycles. The van der Waals surface area contributed by atoms with Crippen LogP contribution in [0.5, 0.6) is 0 Å². The lowest BCUT2D eigenvalue weighted by Gasteiger charge is -2.33. The number of nitrogens with two attached hydrogens (primary N) is 1. The Bertz CT molecular complexity index is 1440. The van der Waals surface area contributed by atoms with Crippen molar-refractivity contribution in [3.63, 3.8) is 0 Å². The third-order valence-corrected chi connectivity index (χ3v) is 8.48. The first-order valence-electron chi connectivity index (χ1n) is 15.7. The predicted octanol–water partition coefficient (Wildman–Crippen LogP) is 5.25. The molecule has 7 nitrogen and oxygen atoms in total. The van der Waals surface area contributed by atoms with E-state index in [1.807, 2.05) is 74.5 Å². The molecule has 4 rings (SSSR count). The summed E-state index contributed by atoms with van der Waals surface area (Å²) in [5, 5.41) is 5.22. The molecule has 2 amide bonds. The van der Waals surface area contributed by atoms with Crippen molar-refractivity contribution in [2.45, 2.75) is 70.6 Å². The van der Waals surface area contributed by atoms with E-state index in [2.05, 4.69) is 17.4 Å². The number of amides is 2. The lowest BCUT2D eigenvalue weighted by atomic mass is 9.83. The quantitative estimate of drug-likeness (QED) is 0.247. The number of hydrogen-bond donors (Lipinski definition) is 2. The molecule has 44 heavy (non-hydrogen) atoms. The lowest BCUT2D eigenvalue weighted by Crippen LogP contribution is -2.52. The van der Waals surface area contributed by atoms with Crippen molar-refractivity contribution >= 4 is 28.4 Å². The molecule has 0 bridgehead atoms. The minimum Gasteiger partial charge on any atom is -0.376 e. The Morgan fingerprint density at radius 3 is 2.39 bits per heavy atom. The maximum absolute atomic E-state index is 14.4. The van der Waals surface area contributed by atoms with Gasteiger partial charge in [0, 0.05) is 38.1 Å². The topological polar surface area (TPSA) is 102 Å². The van der Waals surface area contributed by atoms with Crippen LogP contribution in [0.15, 0.2) is 84.9 Å². The summed E-state index contributed by atoms with van der Waals surface area (Å²) >= 11 is 0. The number of nitrogens with zero attached hydrogens (tertiary/aromatic N) is 1. The van der Waals surface area contributed by atoms with Gasteiger partial charge in [0.1, 0.15) is 6.04 Å². The number of rotatable bonds is 14. The number of benzene rings is 3. The molecular weight excluding hydrogens is 550 g/mol. The molecule has 4 atom stereocenters. The Hall–Kier alpha value is -3.81. The summed E-state index contributed by atoms with van der Waals surface area (Å²) in [6.45, 7) is 6.73. The molecule has 7 heteroatoms. The Morgan fingerprint density at radius 2 is 1.70 bits per heavy atom. The molecule has 1 fully saturated rings. The fraction of sp³-hybridized carbons (Fsp3) is 0.432. The van der Waals surface area contributed by atoms with Gasteiger partial charge >= 0.3 is 0 Å². The van der Waals surface area contributed by atoms with Crippen LogP contribution in [0, 0.1) is 11.8 Å². The Kier molecular flexibility index (Phi) is 11.5. The molecule has 0 saturated carbocycles. The standard InChI is InChI=1S/C37H47N3O4/c1-26(34(41)17-10-20-37(2,3)38)32(23-28-18-19-29-14-8-9-15-30(29)22-28)36(43)40(4)33(24-27-12-6-5-7-13-27)35(42)39-25-31-16-11-21-44-31/h5-10,12-15,17-19,22,26,31-33H,11,16,20-21,23-25,38H2,1-4H3,(H,39,42)/t26?,31?,32-,33+/m0/s1. The number of fused-ring (bicyclic) bond motifs is 1. The lowest BCUT2D eigenvalue weighted by molar-refractivity contribution is -0.144. The molecule has 3 N–H and O–H groups in total. The molecule has 0 aromatic heterocycles. The van der Waals surface area contributed by atoms with E-state index >= 15 is 0 Å². The Morgan fingerprint density at radius 1 is 1.00 bits per heavy atom. The van der Waals surface area contributed by atoms with Crippen LogP contribution in [-0.2, 0) is 32.0 Å². The molecule has 3 aromatic rings. The first kappa shape index (κ1) is 33.1. The fourth-order valence-corrected chi connectivity index (χ4v) is 5.72. The minimum absolute atomic E-state index is 0.0130. The maximum atomic E-state index is 14.4. The number of nitrogens with one attached hydrogen (secondary N) is 1. The van der Waals surface area contributed by atoms with E-state index in [9.17, 15) is 14.4 Å². The van der Waals surface area contributed by atoms with Gasteiger partial charge in [0.25, 0.3) is 0 Å². The zero-order valence-corrected chi connectivity index (χ0v) is 26.5. The van der Waals surface area contributed by atoms with Gasteiger partial charge < -0.3 is 20.7 Å². The van der Waals surface area contributed by atoms with Crippen LogP contribution in [0.2, 0.25) is 0 Å². The molecule has 1 heterocycles. The SMILES string of the molecule is CC(C(=O)C=CCC(C)(C)N)[C@H](Cc1ccc2ccccc2c1)C(=O)N(C)[C@H](Cc1ccccc1)C(=O)NCC1CCCO1.